The van der Waals surface area contributed by atoms with Crippen molar-refractivity contribution in [3.8, 4) is 0 Å². The molecule has 0 N–H and O–H groups in total. The average Bonchev–Trinajstić information content (AvgIpc) is 2.52. The Hall–Kier alpha value is -0.910. The number of rotatable bonds is 11. The smallest absolute Gasteiger partial charge is 0.296 e. The maximum Gasteiger partial charge on any atom is 0.296 e. The molecule has 0 amide bonds. The molecule has 5 heteroatoms. The van der Waals surface area contributed by atoms with Gasteiger partial charge in [-0.15, -0.1) is 0 Å². The lowest BCUT2D eigenvalue weighted by molar-refractivity contribution is -0.123. The van der Waals surface area contributed by atoms with E-state index in [0.717, 1.165) is 38.0 Å². The van der Waals surface area contributed by atoms with Crippen LogP contribution in [-0.2, 0) is 19.0 Å². The van der Waals surface area contributed by atoms with Crippen molar-refractivity contribution < 1.29 is 17.3 Å². The Morgan fingerprint density at radius 2 is 1.71 bits per heavy atom. The van der Waals surface area contributed by atoms with Gasteiger partial charge in [0.2, 0.25) is 0 Å². The first-order valence-corrected chi connectivity index (χ1v) is 10.4. The summed E-state index contributed by atoms with van der Waals surface area (Å²) >= 11 is 0. The van der Waals surface area contributed by atoms with E-state index in [1.165, 1.54) is 25.7 Å². The van der Waals surface area contributed by atoms with Gasteiger partial charge in [0.15, 0.2) is 0 Å². The summed E-state index contributed by atoms with van der Waals surface area (Å²) in [6.45, 7) is 6.20. The van der Waals surface area contributed by atoms with Crippen LogP contribution in [0.5, 0.6) is 0 Å². The Morgan fingerprint density at radius 3 is 2.29 bits per heavy atom. The molecule has 0 saturated carbocycles. The van der Waals surface area contributed by atoms with Gasteiger partial charge >= 0.3 is 0 Å². The van der Waals surface area contributed by atoms with Gasteiger partial charge in [-0.2, -0.15) is 8.42 Å². The summed E-state index contributed by atoms with van der Waals surface area (Å²) in [5.41, 5.74) is 1.43. The monoisotopic (exact) mass is 354 g/mol. The first kappa shape index (κ1) is 19.4. The van der Waals surface area contributed by atoms with Crippen molar-refractivity contribution in [2.24, 2.45) is 5.41 Å². The van der Waals surface area contributed by atoms with E-state index in [0.29, 0.717) is 5.41 Å². The Bertz CT molecular complexity index is 588. The van der Waals surface area contributed by atoms with Crippen LogP contribution in [0.2, 0.25) is 0 Å². The van der Waals surface area contributed by atoms with E-state index in [9.17, 15) is 8.42 Å². The van der Waals surface area contributed by atoms with Crippen molar-refractivity contribution in [2.45, 2.75) is 63.7 Å². The van der Waals surface area contributed by atoms with Gasteiger partial charge in [-0.05, 0) is 38.3 Å². The molecule has 0 atom stereocenters. The van der Waals surface area contributed by atoms with Crippen LogP contribution in [0.15, 0.2) is 29.2 Å². The van der Waals surface area contributed by atoms with Crippen LogP contribution in [0.4, 0.5) is 0 Å². The third-order valence-corrected chi connectivity index (χ3v) is 6.10. The van der Waals surface area contributed by atoms with Crippen LogP contribution in [0.3, 0.4) is 0 Å². The SMILES string of the molecule is CCCCC1(CCCCCOS(=O)(=O)c2ccc(C)cc2)COC1. The van der Waals surface area contributed by atoms with E-state index in [-0.39, 0.29) is 11.5 Å². The largest absolute Gasteiger partial charge is 0.380 e. The minimum absolute atomic E-state index is 0.234. The molecule has 1 saturated heterocycles. The lowest BCUT2D eigenvalue weighted by Crippen LogP contribution is -2.42. The zero-order valence-electron chi connectivity index (χ0n) is 14.9. The van der Waals surface area contributed by atoms with Crippen molar-refractivity contribution in [2.75, 3.05) is 19.8 Å². The Balaban J connectivity index is 1.65. The van der Waals surface area contributed by atoms with Crippen LogP contribution < -0.4 is 0 Å². The van der Waals surface area contributed by atoms with Gasteiger partial charge in [0, 0.05) is 5.41 Å². The van der Waals surface area contributed by atoms with E-state index in [2.05, 4.69) is 6.92 Å². The lowest BCUT2D eigenvalue weighted by Gasteiger charge is -2.42. The number of hydrogen-bond donors (Lipinski definition) is 0. The van der Waals surface area contributed by atoms with E-state index >= 15 is 0 Å². The summed E-state index contributed by atoms with van der Waals surface area (Å²) in [6, 6.07) is 6.76. The van der Waals surface area contributed by atoms with Crippen molar-refractivity contribution >= 4 is 10.1 Å². The number of aryl methyl sites for hydroxylation is 1. The molecule has 0 spiro atoms. The fourth-order valence-corrected chi connectivity index (χ4v) is 4.02. The highest BCUT2D eigenvalue weighted by Gasteiger charge is 2.36. The van der Waals surface area contributed by atoms with Crippen LogP contribution in [0.25, 0.3) is 0 Å². The Morgan fingerprint density at radius 1 is 1.04 bits per heavy atom. The second-order valence-electron chi connectivity index (χ2n) is 7.00. The predicted octanol–water partition coefficient (Wildman–Crippen LogP) is 4.47. The van der Waals surface area contributed by atoms with Crippen LogP contribution in [0, 0.1) is 12.3 Å². The van der Waals surface area contributed by atoms with Gasteiger partial charge in [-0.25, -0.2) is 0 Å². The summed E-state index contributed by atoms with van der Waals surface area (Å²) in [5.74, 6) is 0. The van der Waals surface area contributed by atoms with Gasteiger partial charge in [0.1, 0.15) is 0 Å². The highest BCUT2D eigenvalue weighted by molar-refractivity contribution is 7.86. The fourth-order valence-electron chi connectivity index (χ4n) is 3.08. The molecule has 1 aliphatic rings. The molecule has 136 valence electrons. The standard InChI is InChI=1S/C19H30O4S/c1-3-4-12-19(15-22-16-19)13-6-5-7-14-23-24(20,21)18-10-8-17(2)9-11-18/h8-11H,3-7,12-16H2,1-2H3. The zero-order valence-corrected chi connectivity index (χ0v) is 15.7. The lowest BCUT2D eigenvalue weighted by atomic mass is 9.76. The molecule has 1 heterocycles. The summed E-state index contributed by atoms with van der Waals surface area (Å²) in [5, 5.41) is 0. The quantitative estimate of drug-likeness (QED) is 0.435. The molecule has 0 radical (unpaired) electrons. The second kappa shape index (κ2) is 8.97. The molecule has 1 aromatic rings. The first-order valence-electron chi connectivity index (χ1n) is 9.01. The number of hydrogen-bond acceptors (Lipinski definition) is 4. The minimum Gasteiger partial charge on any atom is -0.380 e. The van der Waals surface area contributed by atoms with E-state index in [1.54, 1.807) is 24.3 Å². The zero-order chi connectivity index (χ0) is 17.5. The highest BCUT2D eigenvalue weighted by atomic mass is 32.2. The number of benzene rings is 1. The van der Waals surface area contributed by atoms with Crippen LogP contribution in [-0.4, -0.2) is 28.2 Å². The normalized spacial score (nSPS) is 16.8. The average molecular weight is 355 g/mol. The van der Waals surface area contributed by atoms with Gasteiger partial charge in [0.25, 0.3) is 10.1 Å². The molecule has 0 unspecified atom stereocenters. The first-order chi connectivity index (χ1) is 11.5. The van der Waals surface area contributed by atoms with Crippen LogP contribution in [0.1, 0.15) is 57.4 Å². The maximum atomic E-state index is 12.1. The van der Waals surface area contributed by atoms with Gasteiger partial charge in [-0.3, -0.25) is 4.18 Å². The molecule has 0 bridgehead atoms. The molecular weight excluding hydrogens is 324 g/mol. The summed E-state index contributed by atoms with van der Waals surface area (Å²) in [7, 11) is -3.62. The molecule has 0 aromatic heterocycles. The Labute approximate surface area is 146 Å². The van der Waals surface area contributed by atoms with E-state index in [1.807, 2.05) is 6.92 Å². The maximum absolute atomic E-state index is 12.1. The van der Waals surface area contributed by atoms with Crippen molar-refractivity contribution in [3.63, 3.8) is 0 Å². The van der Waals surface area contributed by atoms with E-state index in [4.69, 9.17) is 8.92 Å². The molecule has 24 heavy (non-hydrogen) atoms. The molecule has 1 aliphatic heterocycles. The topological polar surface area (TPSA) is 52.6 Å². The molecule has 1 aromatic carbocycles. The van der Waals surface area contributed by atoms with E-state index < -0.39 is 10.1 Å². The predicted molar refractivity (Wildman–Crippen MR) is 95.6 cm³/mol. The minimum atomic E-state index is -3.62. The summed E-state index contributed by atoms with van der Waals surface area (Å²) < 4.78 is 34.7. The fraction of sp³-hybridized carbons (Fsp3) is 0.684. The summed E-state index contributed by atoms with van der Waals surface area (Å²) in [6.07, 6.45) is 7.81. The Kier molecular flexibility index (Phi) is 7.26. The van der Waals surface area contributed by atoms with Gasteiger partial charge in [-0.1, -0.05) is 50.3 Å². The molecule has 1 fully saturated rings. The van der Waals surface area contributed by atoms with Gasteiger partial charge in [0.05, 0.1) is 24.7 Å². The number of unbranched alkanes of at least 4 members (excludes halogenated alkanes) is 3. The van der Waals surface area contributed by atoms with Crippen molar-refractivity contribution in [3.05, 3.63) is 29.8 Å². The third kappa shape index (κ3) is 5.57. The van der Waals surface area contributed by atoms with Crippen molar-refractivity contribution in [1.82, 2.24) is 0 Å². The van der Waals surface area contributed by atoms with Crippen molar-refractivity contribution in [1.29, 1.82) is 0 Å². The summed E-state index contributed by atoms with van der Waals surface area (Å²) in [4.78, 5) is 0.234. The van der Waals surface area contributed by atoms with Gasteiger partial charge < -0.3 is 4.74 Å². The molecular formula is C19H30O4S. The number of ether oxygens (including phenoxy) is 1. The molecule has 0 aliphatic carbocycles. The molecule has 4 nitrogen and oxygen atoms in total. The second-order valence-corrected chi connectivity index (χ2v) is 8.61. The van der Waals surface area contributed by atoms with Crippen LogP contribution >= 0.6 is 0 Å². The molecule has 2 rings (SSSR count). The highest BCUT2D eigenvalue weighted by Crippen LogP contribution is 2.38. The third-order valence-electron chi connectivity index (χ3n) is 4.78.